The maximum Gasteiger partial charge on any atom is 0.239 e. The molecule has 0 radical (unpaired) electrons. The third-order valence-corrected chi connectivity index (χ3v) is 6.24. The zero-order chi connectivity index (χ0) is 21.8. The van der Waals surface area contributed by atoms with Gasteiger partial charge in [0.25, 0.3) is 0 Å². The number of ether oxygens (including phenoxy) is 1. The predicted octanol–water partition coefficient (Wildman–Crippen LogP) is 2.87. The fourth-order valence-electron chi connectivity index (χ4n) is 4.65. The van der Waals surface area contributed by atoms with E-state index in [0.29, 0.717) is 6.54 Å². The van der Waals surface area contributed by atoms with E-state index < -0.39 is 0 Å². The van der Waals surface area contributed by atoms with Gasteiger partial charge in [0.2, 0.25) is 5.91 Å². The number of H-pyrrole nitrogens is 1. The molecule has 9 heteroatoms. The maximum absolute atomic E-state index is 12.7. The topological polar surface area (TPSA) is 108 Å². The Kier molecular flexibility index (Phi) is 6.04. The van der Waals surface area contributed by atoms with Gasteiger partial charge in [0, 0.05) is 19.1 Å². The van der Waals surface area contributed by atoms with Crippen LogP contribution in [0.4, 0.5) is 11.5 Å². The Labute approximate surface area is 187 Å². The van der Waals surface area contributed by atoms with Crippen molar-refractivity contribution in [2.24, 2.45) is 0 Å². The summed E-state index contributed by atoms with van der Waals surface area (Å²) in [5.74, 6) is 1.66. The van der Waals surface area contributed by atoms with E-state index >= 15 is 0 Å². The van der Waals surface area contributed by atoms with Crippen LogP contribution in [-0.2, 0) is 4.79 Å². The number of rotatable bonds is 7. The highest BCUT2D eigenvalue weighted by atomic mass is 16.5. The van der Waals surface area contributed by atoms with Crippen LogP contribution < -0.4 is 20.3 Å². The molecule has 168 valence electrons. The van der Waals surface area contributed by atoms with Crippen LogP contribution in [0.15, 0.2) is 36.8 Å². The lowest BCUT2D eigenvalue weighted by Crippen LogP contribution is -2.49. The second-order valence-corrected chi connectivity index (χ2v) is 8.56. The number of anilines is 2. The molecule has 0 bridgehead atoms. The summed E-state index contributed by atoms with van der Waals surface area (Å²) in [6, 6.07) is 7.93. The number of piperidine rings is 1. The second-order valence-electron chi connectivity index (χ2n) is 8.56. The normalized spacial score (nSPS) is 19.2. The summed E-state index contributed by atoms with van der Waals surface area (Å²) in [4.78, 5) is 23.6. The molecular weight excluding hydrogens is 406 g/mol. The average Bonchev–Trinajstić information content (AvgIpc) is 3.50. The fraction of sp³-hybridized carbons (Fsp3) is 0.478. The van der Waals surface area contributed by atoms with Gasteiger partial charge in [-0.3, -0.25) is 9.89 Å². The van der Waals surface area contributed by atoms with E-state index in [0.717, 1.165) is 60.5 Å². The number of aromatic nitrogens is 4. The van der Waals surface area contributed by atoms with Crippen molar-refractivity contribution in [1.29, 1.82) is 0 Å². The van der Waals surface area contributed by atoms with Crippen LogP contribution in [0.1, 0.15) is 38.5 Å². The number of aromatic amines is 1. The van der Waals surface area contributed by atoms with Crippen LogP contribution in [0, 0.1) is 0 Å². The SMILES string of the molecule is O=C(CNc1ccccc1OC1CCCC1)N[C@@H]1CCCN(c2ncnc3[nH]ncc23)C1. The largest absolute Gasteiger partial charge is 0.488 e. The van der Waals surface area contributed by atoms with Gasteiger partial charge in [0.1, 0.15) is 17.9 Å². The van der Waals surface area contributed by atoms with Crippen LogP contribution in [0.3, 0.4) is 0 Å². The van der Waals surface area contributed by atoms with Gasteiger partial charge >= 0.3 is 0 Å². The summed E-state index contributed by atoms with van der Waals surface area (Å²) < 4.78 is 6.16. The zero-order valence-corrected chi connectivity index (χ0v) is 18.1. The number of amides is 1. The van der Waals surface area contributed by atoms with Crippen molar-refractivity contribution in [2.75, 3.05) is 29.9 Å². The molecule has 1 amide bonds. The number of hydrogen-bond acceptors (Lipinski definition) is 7. The molecule has 1 aliphatic heterocycles. The Bertz CT molecular complexity index is 1060. The molecule has 5 rings (SSSR count). The molecule has 2 aliphatic rings. The smallest absolute Gasteiger partial charge is 0.239 e. The highest BCUT2D eigenvalue weighted by Gasteiger charge is 2.24. The van der Waals surface area contributed by atoms with Crippen molar-refractivity contribution in [3.8, 4) is 5.75 Å². The Hall–Kier alpha value is -3.36. The predicted molar refractivity (Wildman–Crippen MR) is 123 cm³/mol. The van der Waals surface area contributed by atoms with Gasteiger partial charge in [-0.05, 0) is 50.7 Å². The Morgan fingerprint density at radius 3 is 2.94 bits per heavy atom. The van der Waals surface area contributed by atoms with Crippen molar-refractivity contribution in [3.05, 3.63) is 36.8 Å². The quantitative estimate of drug-likeness (QED) is 0.524. The molecule has 2 fully saturated rings. The lowest BCUT2D eigenvalue weighted by atomic mass is 10.1. The van der Waals surface area contributed by atoms with Crippen molar-refractivity contribution in [1.82, 2.24) is 25.5 Å². The van der Waals surface area contributed by atoms with Gasteiger partial charge < -0.3 is 20.3 Å². The number of nitrogens with one attached hydrogen (secondary N) is 3. The van der Waals surface area contributed by atoms with Crippen molar-refractivity contribution < 1.29 is 9.53 Å². The number of nitrogens with zero attached hydrogens (tertiary/aromatic N) is 4. The molecule has 32 heavy (non-hydrogen) atoms. The van der Waals surface area contributed by atoms with Crippen LogP contribution >= 0.6 is 0 Å². The standard InChI is InChI=1S/C23H29N7O2/c31-21(13-24-19-9-3-4-10-20(19)32-17-7-1-2-8-17)28-16-6-5-11-30(14-16)23-18-12-27-29-22(18)25-15-26-23/h3-4,9-10,12,15-17,24H,1-2,5-8,11,13-14H2,(H,28,31)(H,25,26,27,29)/t16-/m1/s1. The van der Waals surface area contributed by atoms with Crippen LogP contribution in [0.5, 0.6) is 5.75 Å². The summed E-state index contributed by atoms with van der Waals surface area (Å²) in [5, 5.41) is 14.3. The second kappa shape index (κ2) is 9.42. The summed E-state index contributed by atoms with van der Waals surface area (Å²) in [6.07, 6.45) is 10.2. The summed E-state index contributed by atoms with van der Waals surface area (Å²) in [6.45, 7) is 1.82. The Morgan fingerprint density at radius 2 is 2.03 bits per heavy atom. The number of para-hydroxylation sites is 2. The maximum atomic E-state index is 12.7. The molecule has 0 spiro atoms. The first kappa shape index (κ1) is 20.5. The van der Waals surface area contributed by atoms with Crippen molar-refractivity contribution in [2.45, 2.75) is 50.7 Å². The minimum Gasteiger partial charge on any atom is -0.488 e. The number of benzene rings is 1. The lowest BCUT2D eigenvalue weighted by molar-refractivity contribution is -0.120. The van der Waals surface area contributed by atoms with Gasteiger partial charge in [-0.25, -0.2) is 9.97 Å². The first-order chi connectivity index (χ1) is 15.8. The van der Waals surface area contributed by atoms with Crippen molar-refractivity contribution in [3.63, 3.8) is 0 Å². The average molecular weight is 436 g/mol. The van der Waals surface area contributed by atoms with Crippen LogP contribution in [0.2, 0.25) is 0 Å². The summed E-state index contributed by atoms with van der Waals surface area (Å²) >= 11 is 0. The van der Waals surface area contributed by atoms with Gasteiger partial charge in [-0.1, -0.05) is 12.1 Å². The number of hydrogen-bond donors (Lipinski definition) is 3. The minimum atomic E-state index is -0.0244. The van der Waals surface area contributed by atoms with E-state index in [-0.39, 0.29) is 24.6 Å². The Morgan fingerprint density at radius 1 is 1.16 bits per heavy atom. The van der Waals surface area contributed by atoms with Gasteiger partial charge in [-0.2, -0.15) is 5.10 Å². The molecule has 3 heterocycles. The highest BCUT2D eigenvalue weighted by molar-refractivity contribution is 5.86. The molecule has 1 atom stereocenters. The van der Waals surface area contributed by atoms with E-state index in [1.807, 2.05) is 24.3 Å². The zero-order valence-electron chi connectivity index (χ0n) is 18.1. The molecule has 9 nitrogen and oxygen atoms in total. The highest BCUT2D eigenvalue weighted by Crippen LogP contribution is 2.29. The van der Waals surface area contributed by atoms with Crippen LogP contribution in [-0.4, -0.2) is 57.9 Å². The first-order valence-corrected chi connectivity index (χ1v) is 11.4. The molecule has 1 saturated carbocycles. The van der Waals surface area contributed by atoms with E-state index in [2.05, 4.69) is 35.7 Å². The third-order valence-electron chi connectivity index (χ3n) is 6.24. The lowest BCUT2D eigenvalue weighted by Gasteiger charge is -2.34. The van der Waals surface area contributed by atoms with E-state index in [1.165, 1.54) is 12.8 Å². The molecule has 0 unspecified atom stereocenters. The van der Waals surface area contributed by atoms with E-state index in [1.54, 1.807) is 12.5 Å². The molecule has 3 N–H and O–H groups in total. The van der Waals surface area contributed by atoms with E-state index in [4.69, 9.17) is 4.74 Å². The van der Waals surface area contributed by atoms with Crippen molar-refractivity contribution >= 4 is 28.4 Å². The van der Waals surface area contributed by atoms with E-state index in [9.17, 15) is 4.79 Å². The van der Waals surface area contributed by atoms with Gasteiger partial charge in [0.15, 0.2) is 5.65 Å². The van der Waals surface area contributed by atoms with Crippen LogP contribution in [0.25, 0.3) is 11.0 Å². The number of carbonyl (C=O) groups excluding carboxylic acids is 1. The van der Waals surface area contributed by atoms with Gasteiger partial charge in [0.05, 0.1) is 29.9 Å². The summed E-state index contributed by atoms with van der Waals surface area (Å²) in [7, 11) is 0. The first-order valence-electron chi connectivity index (χ1n) is 11.4. The molecule has 2 aromatic heterocycles. The third kappa shape index (κ3) is 4.61. The minimum absolute atomic E-state index is 0.0244. The number of carbonyl (C=O) groups is 1. The summed E-state index contributed by atoms with van der Waals surface area (Å²) in [5.41, 5.74) is 1.59. The van der Waals surface area contributed by atoms with Gasteiger partial charge in [-0.15, -0.1) is 0 Å². The number of fused-ring (bicyclic) bond motifs is 1. The fourth-order valence-corrected chi connectivity index (χ4v) is 4.65. The molecular formula is C23H29N7O2. The molecule has 1 saturated heterocycles. The monoisotopic (exact) mass is 435 g/mol. The molecule has 1 aromatic carbocycles. The molecule has 1 aliphatic carbocycles. The Balaban J connectivity index is 1.17. The molecule has 3 aromatic rings.